The lowest BCUT2D eigenvalue weighted by atomic mass is 10.5. The fourth-order valence-electron chi connectivity index (χ4n) is 1.13. The Morgan fingerprint density at radius 1 is 1.56 bits per heavy atom. The smallest absolute Gasteiger partial charge is 0.315 e. The minimum atomic E-state index is -0.173. The van der Waals surface area contributed by atoms with E-state index in [2.05, 4.69) is 25.9 Å². The van der Waals surface area contributed by atoms with Crippen molar-refractivity contribution in [3.05, 3.63) is 11.3 Å². The second kappa shape index (κ2) is 4.88. The molecule has 7 nitrogen and oxygen atoms in total. The van der Waals surface area contributed by atoms with Gasteiger partial charge in [-0.15, -0.1) is 10.2 Å². The molecule has 0 aliphatic carbocycles. The predicted octanol–water partition coefficient (Wildman–Crippen LogP) is 0.395. The van der Waals surface area contributed by atoms with E-state index in [1.807, 2.05) is 6.92 Å². The van der Waals surface area contributed by atoms with Crippen LogP contribution in [-0.2, 0) is 6.54 Å². The van der Waals surface area contributed by atoms with E-state index in [1.54, 1.807) is 4.52 Å². The van der Waals surface area contributed by atoms with E-state index in [4.69, 9.17) is 0 Å². The molecule has 0 atom stereocenters. The van der Waals surface area contributed by atoms with Gasteiger partial charge in [-0.2, -0.15) is 9.61 Å². The number of urea groups is 1. The molecule has 0 bridgehead atoms. The summed E-state index contributed by atoms with van der Waals surface area (Å²) >= 11 is 1.41. The third-order valence-electron chi connectivity index (χ3n) is 1.86. The minimum Gasteiger partial charge on any atom is -0.338 e. The number of fused-ring (bicyclic) bond motifs is 1. The molecule has 0 aliphatic heterocycles. The van der Waals surface area contributed by atoms with Crippen molar-refractivity contribution in [3.8, 4) is 0 Å². The SMILES string of the molecule is CCCNC(=O)NCc1nn2cnnc2s1. The van der Waals surface area contributed by atoms with Gasteiger partial charge in [0, 0.05) is 6.54 Å². The largest absolute Gasteiger partial charge is 0.338 e. The summed E-state index contributed by atoms with van der Waals surface area (Å²) in [4.78, 5) is 12.0. The van der Waals surface area contributed by atoms with Gasteiger partial charge in [0.15, 0.2) is 0 Å². The second-order valence-corrected chi connectivity index (χ2v) is 4.20. The van der Waals surface area contributed by atoms with Crippen molar-refractivity contribution in [1.29, 1.82) is 0 Å². The van der Waals surface area contributed by atoms with Crippen LogP contribution in [0.4, 0.5) is 4.79 Å². The Balaban J connectivity index is 1.86. The van der Waals surface area contributed by atoms with Crippen LogP contribution in [0.1, 0.15) is 18.4 Å². The van der Waals surface area contributed by atoms with E-state index in [9.17, 15) is 4.79 Å². The summed E-state index contributed by atoms with van der Waals surface area (Å²) in [6, 6.07) is -0.173. The van der Waals surface area contributed by atoms with Crippen molar-refractivity contribution in [1.82, 2.24) is 30.4 Å². The Morgan fingerprint density at radius 3 is 3.19 bits per heavy atom. The maximum atomic E-state index is 11.2. The normalized spacial score (nSPS) is 10.6. The third kappa shape index (κ3) is 2.45. The van der Waals surface area contributed by atoms with Gasteiger partial charge in [0.1, 0.15) is 11.3 Å². The number of carbonyl (C=O) groups is 1. The molecule has 0 aromatic carbocycles. The first-order chi connectivity index (χ1) is 7.79. The third-order valence-corrected chi connectivity index (χ3v) is 2.78. The predicted molar refractivity (Wildman–Crippen MR) is 59.2 cm³/mol. The van der Waals surface area contributed by atoms with Gasteiger partial charge >= 0.3 is 6.03 Å². The van der Waals surface area contributed by atoms with E-state index in [-0.39, 0.29) is 6.03 Å². The van der Waals surface area contributed by atoms with Gasteiger partial charge in [-0.3, -0.25) is 0 Å². The number of hydrogen-bond acceptors (Lipinski definition) is 5. The van der Waals surface area contributed by atoms with Crippen LogP contribution < -0.4 is 10.6 Å². The topological polar surface area (TPSA) is 84.2 Å². The summed E-state index contributed by atoms with van der Waals surface area (Å²) in [6.45, 7) is 3.09. The molecule has 0 spiro atoms. The van der Waals surface area contributed by atoms with E-state index in [1.165, 1.54) is 17.7 Å². The molecule has 2 aromatic heterocycles. The second-order valence-electron chi connectivity index (χ2n) is 3.16. The van der Waals surface area contributed by atoms with Gasteiger partial charge in [0.25, 0.3) is 0 Å². The summed E-state index contributed by atoms with van der Waals surface area (Å²) in [5, 5.41) is 18.0. The van der Waals surface area contributed by atoms with Gasteiger partial charge in [0.2, 0.25) is 4.96 Å². The maximum Gasteiger partial charge on any atom is 0.315 e. The lowest BCUT2D eigenvalue weighted by Crippen LogP contribution is -2.35. The van der Waals surface area contributed by atoms with Crippen LogP contribution in [-0.4, -0.2) is 32.4 Å². The summed E-state index contributed by atoms with van der Waals surface area (Å²) < 4.78 is 1.59. The minimum absolute atomic E-state index is 0.173. The molecule has 16 heavy (non-hydrogen) atoms. The van der Waals surface area contributed by atoms with Crippen molar-refractivity contribution in [2.45, 2.75) is 19.9 Å². The first-order valence-corrected chi connectivity index (χ1v) is 5.78. The Hall–Kier alpha value is -1.70. The average Bonchev–Trinajstić information content (AvgIpc) is 2.83. The van der Waals surface area contributed by atoms with E-state index in [0.717, 1.165) is 16.4 Å². The van der Waals surface area contributed by atoms with Crippen molar-refractivity contribution in [2.75, 3.05) is 6.54 Å². The summed E-state index contributed by atoms with van der Waals surface area (Å²) in [6.07, 6.45) is 2.46. The van der Waals surface area contributed by atoms with Crippen molar-refractivity contribution < 1.29 is 4.79 Å². The van der Waals surface area contributed by atoms with Gasteiger partial charge in [-0.05, 0) is 6.42 Å². The van der Waals surface area contributed by atoms with Crippen LogP contribution >= 0.6 is 11.3 Å². The number of nitrogens with zero attached hydrogens (tertiary/aromatic N) is 4. The molecule has 2 amide bonds. The number of carbonyl (C=O) groups excluding carboxylic acids is 1. The highest BCUT2D eigenvalue weighted by molar-refractivity contribution is 7.16. The van der Waals surface area contributed by atoms with Crippen molar-refractivity contribution >= 4 is 22.3 Å². The molecular weight excluding hydrogens is 228 g/mol. The monoisotopic (exact) mass is 240 g/mol. The molecule has 2 heterocycles. The maximum absolute atomic E-state index is 11.2. The quantitative estimate of drug-likeness (QED) is 0.810. The highest BCUT2D eigenvalue weighted by atomic mass is 32.1. The van der Waals surface area contributed by atoms with E-state index < -0.39 is 0 Å². The van der Waals surface area contributed by atoms with Crippen LogP contribution in [0.2, 0.25) is 0 Å². The molecule has 0 unspecified atom stereocenters. The molecule has 0 aliphatic rings. The van der Waals surface area contributed by atoms with Crippen LogP contribution in [0.3, 0.4) is 0 Å². The zero-order valence-corrected chi connectivity index (χ0v) is 9.62. The fraction of sp³-hybridized carbons (Fsp3) is 0.500. The summed E-state index contributed by atoms with van der Waals surface area (Å²) in [5.74, 6) is 0. The van der Waals surface area contributed by atoms with Gasteiger partial charge in [-0.1, -0.05) is 18.3 Å². The Morgan fingerprint density at radius 2 is 2.44 bits per heavy atom. The van der Waals surface area contributed by atoms with Crippen LogP contribution in [0.25, 0.3) is 4.96 Å². The van der Waals surface area contributed by atoms with E-state index >= 15 is 0 Å². The number of hydrogen-bond donors (Lipinski definition) is 2. The number of rotatable bonds is 4. The Kier molecular flexibility index (Phi) is 3.30. The highest BCUT2D eigenvalue weighted by Gasteiger charge is 2.06. The van der Waals surface area contributed by atoms with Crippen molar-refractivity contribution in [2.24, 2.45) is 0 Å². The number of aromatic nitrogens is 4. The fourth-order valence-corrected chi connectivity index (χ4v) is 1.88. The molecule has 2 rings (SSSR count). The Labute approximate surface area is 95.9 Å². The molecule has 2 aromatic rings. The standard InChI is InChI=1S/C8H12N6OS/c1-2-3-9-7(15)10-4-6-13-14-5-11-12-8(14)16-6/h5H,2-4H2,1H3,(H2,9,10,15). The van der Waals surface area contributed by atoms with E-state index in [0.29, 0.717) is 13.1 Å². The van der Waals surface area contributed by atoms with Crippen molar-refractivity contribution in [3.63, 3.8) is 0 Å². The van der Waals surface area contributed by atoms with Crippen LogP contribution in [0.15, 0.2) is 6.33 Å². The molecule has 0 radical (unpaired) electrons. The summed E-state index contributed by atoms with van der Waals surface area (Å²) in [7, 11) is 0. The van der Waals surface area contributed by atoms with Gasteiger partial charge in [0.05, 0.1) is 6.54 Å². The molecule has 86 valence electrons. The summed E-state index contributed by atoms with van der Waals surface area (Å²) in [5.41, 5.74) is 0. The lowest BCUT2D eigenvalue weighted by Gasteiger charge is -2.03. The number of amides is 2. The zero-order valence-electron chi connectivity index (χ0n) is 8.80. The molecule has 8 heteroatoms. The molecule has 0 saturated heterocycles. The van der Waals surface area contributed by atoms with Gasteiger partial charge in [-0.25, -0.2) is 4.79 Å². The first-order valence-electron chi connectivity index (χ1n) is 4.97. The lowest BCUT2D eigenvalue weighted by molar-refractivity contribution is 0.240. The average molecular weight is 240 g/mol. The highest BCUT2D eigenvalue weighted by Crippen LogP contribution is 2.10. The molecule has 0 saturated carbocycles. The first kappa shape index (κ1) is 10.8. The Bertz CT molecular complexity index is 449. The zero-order chi connectivity index (χ0) is 11.4. The molecule has 2 N–H and O–H groups in total. The van der Waals surface area contributed by atoms with Crippen LogP contribution in [0.5, 0.6) is 0 Å². The van der Waals surface area contributed by atoms with Crippen LogP contribution in [0, 0.1) is 0 Å². The molecule has 0 fully saturated rings. The number of nitrogens with one attached hydrogen (secondary N) is 2. The van der Waals surface area contributed by atoms with Gasteiger partial charge < -0.3 is 10.6 Å². The molecular formula is C8H12N6OS.